The van der Waals surface area contributed by atoms with Crippen molar-refractivity contribution in [2.75, 3.05) is 0 Å². The quantitative estimate of drug-likeness (QED) is 0.640. The number of aryl methyl sites for hydroxylation is 1. The molecule has 0 atom stereocenters. The van der Waals surface area contributed by atoms with Gasteiger partial charge >= 0.3 is 0 Å². The first-order valence-corrected chi connectivity index (χ1v) is 5.58. The van der Waals surface area contributed by atoms with Crippen molar-refractivity contribution < 1.29 is 4.39 Å². The number of benzene rings is 2. The third kappa shape index (κ3) is 3.20. The van der Waals surface area contributed by atoms with Crippen molar-refractivity contribution in [2.45, 2.75) is 20.8 Å². The van der Waals surface area contributed by atoms with Gasteiger partial charge in [0.1, 0.15) is 5.82 Å². The van der Waals surface area contributed by atoms with E-state index < -0.39 is 0 Å². The molecule has 2 aromatic carbocycles. The van der Waals surface area contributed by atoms with Crippen LogP contribution in [0.2, 0.25) is 0 Å². The summed E-state index contributed by atoms with van der Waals surface area (Å²) in [6.45, 7) is 6.04. The minimum atomic E-state index is -0.192. The summed E-state index contributed by atoms with van der Waals surface area (Å²) in [6, 6.07) is 14.7. The Hall–Kier alpha value is -1.63. The van der Waals surface area contributed by atoms with E-state index in [2.05, 4.69) is 0 Å². The van der Waals surface area contributed by atoms with Crippen molar-refractivity contribution in [1.29, 1.82) is 0 Å². The number of halogens is 1. The fourth-order valence-corrected chi connectivity index (χ4v) is 1.41. The van der Waals surface area contributed by atoms with Crippen LogP contribution in [-0.4, -0.2) is 0 Å². The SMILES string of the molecule is CC.Cc1ccc(-c2cccc(F)c2)cc1. The van der Waals surface area contributed by atoms with E-state index in [-0.39, 0.29) is 5.82 Å². The highest BCUT2D eigenvalue weighted by Crippen LogP contribution is 2.20. The molecule has 0 aliphatic heterocycles. The summed E-state index contributed by atoms with van der Waals surface area (Å²) >= 11 is 0. The Morgan fingerprint density at radius 1 is 0.812 bits per heavy atom. The summed E-state index contributed by atoms with van der Waals surface area (Å²) in [5.74, 6) is -0.192. The third-order valence-electron chi connectivity index (χ3n) is 2.21. The lowest BCUT2D eigenvalue weighted by Crippen LogP contribution is -1.80. The molecule has 0 aromatic heterocycles. The van der Waals surface area contributed by atoms with Gasteiger partial charge in [-0.15, -0.1) is 0 Å². The minimum absolute atomic E-state index is 0.192. The molecule has 0 heterocycles. The average molecular weight is 216 g/mol. The summed E-state index contributed by atoms with van der Waals surface area (Å²) in [4.78, 5) is 0. The Kier molecular flexibility index (Phi) is 4.71. The molecule has 0 amide bonds. The van der Waals surface area contributed by atoms with Crippen LogP contribution in [0.5, 0.6) is 0 Å². The van der Waals surface area contributed by atoms with Crippen LogP contribution >= 0.6 is 0 Å². The summed E-state index contributed by atoms with van der Waals surface area (Å²) in [6.07, 6.45) is 0. The lowest BCUT2D eigenvalue weighted by molar-refractivity contribution is 0.628. The maximum atomic E-state index is 12.9. The van der Waals surface area contributed by atoms with Gasteiger partial charge in [-0.05, 0) is 30.2 Å². The molecule has 0 bridgehead atoms. The molecular weight excluding hydrogens is 199 g/mol. The van der Waals surface area contributed by atoms with Crippen LogP contribution in [-0.2, 0) is 0 Å². The molecule has 0 unspecified atom stereocenters. The molecule has 16 heavy (non-hydrogen) atoms. The van der Waals surface area contributed by atoms with E-state index in [1.165, 1.54) is 11.6 Å². The Balaban J connectivity index is 0.000000606. The zero-order valence-corrected chi connectivity index (χ0v) is 10.00. The Labute approximate surface area is 96.8 Å². The second-order valence-corrected chi connectivity index (χ2v) is 3.38. The largest absolute Gasteiger partial charge is 0.207 e. The lowest BCUT2D eigenvalue weighted by atomic mass is 10.0. The highest BCUT2D eigenvalue weighted by molar-refractivity contribution is 5.63. The highest BCUT2D eigenvalue weighted by Gasteiger charge is 1.97. The van der Waals surface area contributed by atoms with Crippen LogP contribution in [0.1, 0.15) is 19.4 Å². The Morgan fingerprint density at radius 2 is 1.44 bits per heavy atom. The van der Waals surface area contributed by atoms with Crippen LogP contribution in [0.15, 0.2) is 48.5 Å². The molecular formula is C15H17F. The number of hydrogen-bond donors (Lipinski definition) is 0. The zero-order valence-electron chi connectivity index (χ0n) is 10.00. The summed E-state index contributed by atoms with van der Waals surface area (Å²) < 4.78 is 12.9. The molecule has 2 rings (SSSR count). The number of hydrogen-bond acceptors (Lipinski definition) is 0. The second-order valence-electron chi connectivity index (χ2n) is 3.38. The molecule has 84 valence electrons. The normalized spacial score (nSPS) is 9.25. The van der Waals surface area contributed by atoms with Crippen molar-refractivity contribution in [3.63, 3.8) is 0 Å². The van der Waals surface area contributed by atoms with E-state index in [4.69, 9.17) is 0 Å². The molecule has 0 saturated heterocycles. The van der Waals surface area contributed by atoms with Gasteiger partial charge in [-0.25, -0.2) is 4.39 Å². The molecule has 0 aliphatic carbocycles. The molecule has 0 spiro atoms. The van der Waals surface area contributed by atoms with E-state index in [0.717, 1.165) is 11.1 Å². The molecule has 1 heteroatoms. The van der Waals surface area contributed by atoms with Gasteiger partial charge in [0.25, 0.3) is 0 Å². The fraction of sp³-hybridized carbons (Fsp3) is 0.200. The fourth-order valence-electron chi connectivity index (χ4n) is 1.41. The maximum absolute atomic E-state index is 12.9. The van der Waals surface area contributed by atoms with Gasteiger partial charge in [0.2, 0.25) is 0 Å². The predicted octanol–water partition coefficient (Wildman–Crippen LogP) is 4.83. The van der Waals surface area contributed by atoms with Crippen LogP contribution in [0.25, 0.3) is 11.1 Å². The zero-order chi connectivity index (χ0) is 12.0. The molecule has 0 N–H and O–H groups in total. The second kappa shape index (κ2) is 6.06. The van der Waals surface area contributed by atoms with E-state index in [1.807, 2.05) is 51.1 Å². The van der Waals surface area contributed by atoms with Crippen molar-refractivity contribution in [1.82, 2.24) is 0 Å². The maximum Gasteiger partial charge on any atom is 0.123 e. The van der Waals surface area contributed by atoms with E-state index in [9.17, 15) is 4.39 Å². The predicted molar refractivity (Wildman–Crippen MR) is 67.9 cm³/mol. The lowest BCUT2D eigenvalue weighted by Gasteiger charge is -2.01. The smallest absolute Gasteiger partial charge is 0.123 e. The van der Waals surface area contributed by atoms with Gasteiger partial charge in [-0.1, -0.05) is 55.8 Å². The van der Waals surface area contributed by atoms with Crippen molar-refractivity contribution in [3.05, 3.63) is 59.9 Å². The van der Waals surface area contributed by atoms with Crippen LogP contribution in [0, 0.1) is 12.7 Å². The summed E-state index contributed by atoms with van der Waals surface area (Å²) in [5, 5.41) is 0. The van der Waals surface area contributed by atoms with Gasteiger partial charge in [0.05, 0.1) is 0 Å². The van der Waals surface area contributed by atoms with Crippen molar-refractivity contribution in [2.24, 2.45) is 0 Å². The molecule has 0 saturated carbocycles. The van der Waals surface area contributed by atoms with Crippen LogP contribution < -0.4 is 0 Å². The Morgan fingerprint density at radius 3 is 2.00 bits per heavy atom. The Bertz CT molecular complexity index is 429. The van der Waals surface area contributed by atoms with Crippen LogP contribution in [0.3, 0.4) is 0 Å². The average Bonchev–Trinajstić information content (AvgIpc) is 2.32. The van der Waals surface area contributed by atoms with Gasteiger partial charge < -0.3 is 0 Å². The van der Waals surface area contributed by atoms with Crippen molar-refractivity contribution in [3.8, 4) is 11.1 Å². The minimum Gasteiger partial charge on any atom is -0.207 e. The van der Waals surface area contributed by atoms with Crippen molar-refractivity contribution >= 4 is 0 Å². The summed E-state index contributed by atoms with van der Waals surface area (Å²) in [7, 11) is 0. The third-order valence-corrected chi connectivity index (χ3v) is 2.21. The summed E-state index contributed by atoms with van der Waals surface area (Å²) in [5.41, 5.74) is 3.19. The monoisotopic (exact) mass is 216 g/mol. The van der Waals surface area contributed by atoms with E-state index in [0.29, 0.717) is 0 Å². The van der Waals surface area contributed by atoms with Gasteiger partial charge in [-0.2, -0.15) is 0 Å². The first-order valence-electron chi connectivity index (χ1n) is 5.58. The standard InChI is InChI=1S/C13H11F.C2H6/c1-10-5-7-11(8-6-10)12-3-2-4-13(14)9-12;1-2/h2-9H,1H3;1-2H3. The molecule has 2 aromatic rings. The topological polar surface area (TPSA) is 0 Å². The first-order chi connectivity index (χ1) is 7.75. The van der Waals surface area contributed by atoms with E-state index >= 15 is 0 Å². The van der Waals surface area contributed by atoms with Gasteiger partial charge in [-0.3, -0.25) is 0 Å². The molecule has 0 nitrogen and oxygen atoms in total. The van der Waals surface area contributed by atoms with E-state index in [1.54, 1.807) is 12.1 Å². The molecule has 0 fully saturated rings. The molecule has 0 radical (unpaired) electrons. The number of rotatable bonds is 1. The highest BCUT2D eigenvalue weighted by atomic mass is 19.1. The van der Waals surface area contributed by atoms with Gasteiger partial charge in [0.15, 0.2) is 0 Å². The van der Waals surface area contributed by atoms with Crippen LogP contribution in [0.4, 0.5) is 4.39 Å². The molecule has 0 aliphatic rings. The van der Waals surface area contributed by atoms with Gasteiger partial charge in [0, 0.05) is 0 Å². The first kappa shape index (κ1) is 12.4.